The Labute approximate surface area is 163 Å². The number of hydrogen-bond donors (Lipinski definition) is 1. The van der Waals surface area contributed by atoms with Crippen molar-refractivity contribution in [2.75, 3.05) is 13.1 Å². The number of amides is 2. The van der Waals surface area contributed by atoms with Crippen molar-refractivity contribution in [1.29, 1.82) is 0 Å². The summed E-state index contributed by atoms with van der Waals surface area (Å²) in [6, 6.07) is 13.1. The van der Waals surface area contributed by atoms with E-state index in [4.69, 9.17) is 4.42 Å². The lowest BCUT2D eigenvalue weighted by atomic mass is 10.0. The minimum absolute atomic E-state index is 0.0597. The molecule has 1 aliphatic rings. The lowest BCUT2D eigenvalue weighted by Gasteiger charge is -2.32. The maximum absolute atomic E-state index is 12.7. The van der Waals surface area contributed by atoms with Gasteiger partial charge in [0.25, 0.3) is 11.8 Å². The van der Waals surface area contributed by atoms with Crippen LogP contribution in [0.25, 0.3) is 5.69 Å². The Kier molecular flexibility index (Phi) is 5.02. The molecule has 6 nitrogen and oxygen atoms in total. The SMILES string of the molecule is Cc1ccc(C(=O)NC2CCN(C(=O)c3ccco3)CC2)cc1-n1cccc1. The Balaban J connectivity index is 1.37. The van der Waals surface area contributed by atoms with Gasteiger partial charge in [0.15, 0.2) is 5.76 Å². The van der Waals surface area contributed by atoms with Gasteiger partial charge in [-0.1, -0.05) is 6.07 Å². The zero-order valence-electron chi connectivity index (χ0n) is 15.8. The first kappa shape index (κ1) is 18.1. The van der Waals surface area contributed by atoms with Crippen LogP contribution in [0.15, 0.2) is 65.5 Å². The highest BCUT2D eigenvalue weighted by Gasteiger charge is 2.26. The molecule has 1 aromatic carbocycles. The van der Waals surface area contributed by atoms with E-state index in [1.54, 1.807) is 17.0 Å². The molecular weight excluding hydrogens is 354 g/mol. The molecule has 0 bridgehead atoms. The van der Waals surface area contributed by atoms with Crippen LogP contribution < -0.4 is 5.32 Å². The van der Waals surface area contributed by atoms with Crippen molar-refractivity contribution in [3.05, 3.63) is 78.0 Å². The topological polar surface area (TPSA) is 67.5 Å². The van der Waals surface area contributed by atoms with Gasteiger partial charge in [0.1, 0.15) is 0 Å². The van der Waals surface area contributed by atoms with Gasteiger partial charge < -0.3 is 19.2 Å². The smallest absolute Gasteiger partial charge is 0.289 e. The van der Waals surface area contributed by atoms with Crippen molar-refractivity contribution in [1.82, 2.24) is 14.8 Å². The Hall–Kier alpha value is -3.28. The van der Waals surface area contributed by atoms with E-state index in [2.05, 4.69) is 5.32 Å². The van der Waals surface area contributed by atoms with Crippen LogP contribution in [0.3, 0.4) is 0 Å². The Bertz CT molecular complexity index is 953. The number of carbonyl (C=O) groups excluding carboxylic acids is 2. The fourth-order valence-corrected chi connectivity index (χ4v) is 3.58. The van der Waals surface area contributed by atoms with E-state index in [-0.39, 0.29) is 17.9 Å². The zero-order chi connectivity index (χ0) is 19.5. The second-order valence-corrected chi connectivity index (χ2v) is 7.11. The lowest BCUT2D eigenvalue weighted by Crippen LogP contribution is -2.46. The van der Waals surface area contributed by atoms with E-state index in [0.29, 0.717) is 24.4 Å². The van der Waals surface area contributed by atoms with E-state index >= 15 is 0 Å². The number of benzene rings is 1. The minimum atomic E-state index is -0.0929. The van der Waals surface area contributed by atoms with E-state index in [1.165, 1.54) is 6.26 Å². The number of likely N-dealkylation sites (tertiary alicyclic amines) is 1. The number of furan rings is 1. The third-order valence-electron chi connectivity index (χ3n) is 5.20. The molecule has 28 heavy (non-hydrogen) atoms. The van der Waals surface area contributed by atoms with Crippen molar-refractivity contribution in [3.8, 4) is 5.69 Å². The van der Waals surface area contributed by atoms with Crippen LogP contribution in [-0.4, -0.2) is 40.4 Å². The summed E-state index contributed by atoms with van der Waals surface area (Å²) in [7, 11) is 0. The van der Waals surface area contributed by atoms with Crippen molar-refractivity contribution < 1.29 is 14.0 Å². The highest BCUT2D eigenvalue weighted by molar-refractivity contribution is 5.95. The largest absolute Gasteiger partial charge is 0.459 e. The number of nitrogens with zero attached hydrogens (tertiary/aromatic N) is 2. The summed E-state index contributed by atoms with van der Waals surface area (Å²) >= 11 is 0. The molecule has 0 aliphatic carbocycles. The molecule has 1 saturated heterocycles. The molecule has 1 aliphatic heterocycles. The molecule has 1 fully saturated rings. The Morgan fingerprint density at radius 3 is 2.50 bits per heavy atom. The summed E-state index contributed by atoms with van der Waals surface area (Å²) in [5.41, 5.74) is 2.75. The molecule has 2 aromatic heterocycles. The van der Waals surface area contributed by atoms with E-state index in [0.717, 1.165) is 24.1 Å². The number of aryl methyl sites for hydroxylation is 1. The van der Waals surface area contributed by atoms with Crippen molar-refractivity contribution >= 4 is 11.8 Å². The average molecular weight is 377 g/mol. The van der Waals surface area contributed by atoms with Crippen LogP contribution in [0.4, 0.5) is 0 Å². The van der Waals surface area contributed by atoms with Crippen molar-refractivity contribution in [2.45, 2.75) is 25.8 Å². The molecule has 3 aromatic rings. The van der Waals surface area contributed by atoms with E-state index < -0.39 is 0 Å². The fourth-order valence-electron chi connectivity index (χ4n) is 3.58. The molecule has 1 N–H and O–H groups in total. The number of piperidine rings is 1. The van der Waals surface area contributed by atoms with E-state index in [1.807, 2.05) is 54.2 Å². The summed E-state index contributed by atoms with van der Waals surface area (Å²) < 4.78 is 7.19. The highest BCUT2D eigenvalue weighted by atomic mass is 16.3. The molecule has 0 unspecified atom stereocenters. The van der Waals surface area contributed by atoms with Crippen molar-refractivity contribution in [3.63, 3.8) is 0 Å². The molecule has 0 radical (unpaired) electrons. The Morgan fingerprint density at radius 2 is 1.82 bits per heavy atom. The number of hydrogen-bond acceptors (Lipinski definition) is 3. The van der Waals surface area contributed by atoms with Gasteiger partial charge in [0, 0.05) is 42.8 Å². The maximum Gasteiger partial charge on any atom is 0.289 e. The van der Waals surface area contributed by atoms with E-state index in [9.17, 15) is 9.59 Å². The third-order valence-corrected chi connectivity index (χ3v) is 5.20. The maximum atomic E-state index is 12.7. The van der Waals surface area contributed by atoms with Gasteiger partial charge in [-0.3, -0.25) is 9.59 Å². The predicted molar refractivity (Wildman–Crippen MR) is 106 cm³/mol. The molecule has 0 saturated carbocycles. The monoisotopic (exact) mass is 377 g/mol. The first-order valence-corrected chi connectivity index (χ1v) is 9.49. The summed E-state index contributed by atoms with van der Waals surface area (Å²) in [5, 5.41) is 3.11. The molecule has 3 heterocycles. The molecule has 2 amide bonds. The molecule has 4 rings (SSSR count). The van der Waals surface area contributed by atoms with Crippen LogP contribution in [-0.2, 0) is 0 Å². The van der Waals surface area contributed by atoms with Gasteiger partial charge in [0.05, 0.1) is 6.26 Å². The summed E-state index contributed by atoms with van der Waals surface area (Å²) in [5.74, 6) is 0.188. The standard InChI is InChI=1S/C22H23N3O3/c1-16-6-7-17(15-19(16)24-10-2-3-11-24)21(26)23-18-8-12-25(13-9-18)22(27)20-5-4-14-28-20/h2-7,10-11,14-15,18H,8-9,12-13H2,1H3,(H,23,26). The first-order valence-electron chi connectivity index (χ1n) is 9.49. The van der Waals surface area contributed by atoms with Crippen LogP contribution in [0.5, 0.6) is 0 Å². The summed E-state index contributed by atoms with van der Waals surface area (Å²) in [6.45, 7) is 3.24. The van der Waals surface area contributed by atoms with Gasteiger partial charge in [0.2, 0.25) is 0 Å². The normalized spacial score (nSPS) is 14.8. The minimum Gasteiger partial charge on any atom is -0.459 e. The van der Waals surface area contributed by atoms with Gasteiger partial charge >= 0.3 is 0 Å². The number of aromatic nitrogens is 1. The molecular formula is C22H23N3O3. The fraction of sp³-hybridized carbons (Fsp3) is 0.273. The third kappa shape index (κ3) is 3.71. The predicted octanol–water partition coefficient (Wildman–Crippen LogP) is 3.41. The quantitative estimate of drug-likeness (QED) is 0.758. The number of nitrogens with one attached hydrogen (secondary N) is 1. The summed E-state index contributed by atoms with van der Waals surface area (Å²) in [4.78, 5) is 26.8. The highest BCUT2D eigenvalue weighted by Crippen LogP contribution is 2.18. The molecule has 0 spiro atoms. The van der Waals surface area contributed by atoms with Crippen LogP contribution >= 0.6 is 0 Å². The van der Waals surface area contributed by atoms with Gasteiger partial charge in [-0.2, -0.15) is 0 Å². The first-order chi connectivity index (χ1) is 13.6. The van der Waals surface area contributed by atoms with Crippen molar-refractivity contribution in [2.24, 2.45) is 0 Å². The van der Waals surface area contributed by atoms with Crippen LogP contribution in [0.2, 0.25) is 0 Å². The number of rotatable bonds is 4. The van der Waals surface area contributed by atoms with Crippen LogP contribution in [0.1, 0.15) is 39.3 Å². The molecule has 144 valence electrons. The second kappa shape index (κ2) is 7.76. The second-order valence-electron chi connectivity index (χ2n) is 7.11. The van der Waals surface area contributed by atoms with Gasteiger partial charge in [-0.15, -0.1) is 0 Å². The summed E-state index contributed by atoms with van der Waals surface area (Å²) in [6.07, 6.45) is 6.90. The van der Waals surface area contributed by atoms with Gasteiger partial charge in [-0.25, -0.2) is 0 Å². The van der Waals surface area contributed by atoms with Gasteiger partial charge in [-0.05, 0) is 61.7 Å². The average Bonchev–Trinajstić information content (AvgIpc) is 3.42. The Morgan fingerprint density at radius 1 is 1.07 bits per heavy atom. The lowest BCUT2D eigenvalue weighted by molar-refractivity contribution is 0.0667. The van der Waals surface area contributed by atoms with Crippen LogP contribution in [0, 0.1) is 6.92 Å². The number of carbonyl (C=O) groups is 2. The zero-order valence-corrected chi connectivity index (χ0v) is 15.8. The molecule has 6 heteroatoms. The molecule has 0 atom stereocenters.